The second kappa shape index (κ2) is 7.60. The standard InChI is InChI=1S/C23H28N6O2/c1-15-4-6-17(7-5-15)18-12-19(26-25-18)22(30)29-10-8-23(9-11-29)13-20(28(3)14-23)21-24-16(2)27-31-21/h4-7,12,20H,8-11,13-14H2,1-3H3,(H,25,26). The highest BCUT2D eigenvalue weighted by Gasteiger charge is 2.47. The third kappa shape index (κ3) is 3.76. The van der Waals surface area contributed by atoms with Crippen molar-refractivity contribution >= 4 is 5.91 Å². The quantitative estimate of drug-likeness (QED) is 0.699. The molecule has 2 aliphatic heterocycles. The summed E-state index contributed by atoms with van der Waals surface area (Å²) >= 11 is 0. The van der Waals surface area contributed by atoms with Crippen LogP contribution >= 0.6 is 0 Å². The van der Waals surface area contributed by atoms with Crippen molar-refractivity contribution in [1.29, 1.82) is 0 Å². The predicted molar refractivity (Wildman–Crippen MR) is 115 cm³/mol. The highest BCUT2D eigenvalue weighted by Crippen LogP contribution is 2.48. The van der Waals surface area contributed by atoms with Crippen LogP contribution in [0.25, 0.3) is 11.3 Å². The number of aryl methyl sites for hydroxylation is 2. The van der Waals surface area contributed by atoms with Crippen LogP contribution in [0.2, 0.25) is 0 Å². The van der Waals surface area contributed by atoms with Crippen molar-refractivity contribution in [3.63, 3.8) is 0 Å². The van der Waals surface area contributed by atoms with E-state index in [1.165, 1.54) is 5.56 Å². The molecule has 1 unspecified atom stereocenters. The average Bonchev–Trinajstić information content (AvgIpc) is 3.48. The maximum Gasteiger partial charge on any atom is 0.271 e. The van der Waals surface area contributed by atoms with Crippen LogP contribution in [0.15, 0.2) is 34.9 Å². The summed E-state index contributed by atoms with van der Waals surface area (Å²) in [5, 5.41) is 11.2. The molecule has 1 spiro atoms. The number of rotatable bonds is 3. The number of likely N-dealkylation sites (tertiary alicyclic amines) is 2. The molecule has 1 amide bonds. The summed E-state index contributed by atoms with van der Waals surface area (Å²) in [4.78, 5) is 21.8. The number of nitrogens with zero attached hydrogens (tertiary/aromatic N) is 5. The van der Waals surface area contributed by atoms with Crippen molar-refractivity contribution in [2.24, 2.45) is 5.41 Å². The van der Waals surface area contributed by atoms with E-state index in [0.717, 1.165) is 50.2 Å². The van der Waals surface area contributed by atoms with Crippen molar-refractivity contribution in [2.75, 3.05) is 26.7 Å². The van der Waals surface area contributed by atoms with E-state index in [-0.39, 0.29) is 17.4 Å². The molecule has 4 heterocycles. The molecule has 1 aromatic carbocycles. The number of carbonyl (C=O) groups excluding carboxylic acids is 1. The molecule has 3 aromatic rings. The third-order valence-corrected chi connectivity index (χ3v) is 6.84. The second-order valence-corrected chi connectivity index (χ2v) is 9.14. The number of aromatic amines is 1. The lowest BCUT2D eigenvalue weighted by Gasteiger charge is -2.39. The Hall–Kier alpha value is -3.00. The summed E-state index contributed by atoms with van der Waals surface area (Å²) in [6.07, 6.45) is 2.95. The summed E-state index contributed by atoms with van der Waals surface area (Å²) in [7, 11) is 2.12. The van der Waals surface area contributed by atoms with Gasteiger partial charge in [-0.1, -0.05) is 35.0 Å². The van der Waals surface area contributed by atoms with E-state index < -0.39 is 0 Å². The zero-order valence-electron chi connectivity index (χ0n) is 18.3. The zero-order chi connectivity index (χ0) is 21.6. The van der Waals surface area contributed by atoms with Crippen molar-refractivity contribution in [2.45, 2.75) is 39.2 Å². The molecule has 162 valence electrons. The number of nitrogens with one attached hydrogen (secondary N) is 1. The Kier molecular flexibility index (Phi) is 4.89. The molecule has 0 bridgehead atoms. The summed E-state index contributed by atoms with van der Waals surface area (Å²) in [6, 6.07) is 10.2. The van der Waals surface area contributed by atoms with Crippen LogP contribution in [0.5, 0.6) is 0 Å². The topological polar surface area (TPSA) is 91.2 Å². The Bertz CT molecular complexity index is 1080. The maximum absolute atomic E-state index is 13.1. The van der Waals surface area contributed by atoms with Crippen LogP contribution in [0.4, 0.5) is 0 Å². The van der Waals surface area contributed by atoms with Gasteiger partial charge in [0.25, 0.3) is 5.91 Å². The van der Waals surface area contributed by atoms with Gasteiger partial charge in [0.15, 0.2) is 5.82 Å². The third-order valence-electron chi connectivity index (χ3n) is 6.84. The van der Waals surface area contributed by atoms with Gasteiger partial charge < -0.3 is 9.42 Å². The number of hydrogen-bond donors (Lipinski definition) is 1. The van der Waals surface area contributed by atoms with Crippen molar-refractivity contribution in [3.8, 4) is 11.3 Å². The Morgan fingerprint density at radius 1 is 1.19 bits per heavy atom. The zero-order valence-corrected chi connectivity index (χ0v) is 18.3. The molecule has 8 heteroatoms. The van der Waals surface area contributed by atoms with Gasteiger partial charge in [-0.15, -0.1) is 0 Å². The molecule has 1 atom stereocenters. The van der Waals surface area contributed by atoms with Gasteiger partial charge in [0.05, 0.1) is 11.7 Å². The summed E-state index contributed by atoms with van der Waals surface area (Å²) in [6.45, 7) is 6.40. The second-order valence-electron chi connectivity index (χ2n) is 9.14. The molecule has 2 saturated heterocycles. The number of amides is 1. The van der Waals surface area contributed by atoms with Gasteiger partial charge >= 0.3 is 0 Å². The van der Waals surface area contributed by atoms with Crippen LogP contribution in [0.3, 0.4) is 0 Å². The van der Waals surface area contributed by atoms with Crippen molar-refractivity contribution < 1.29 is 9.32 Å². The fourth-order valence-corrected chi connectivity index (χ4v) is 5.01. The first-order valence-electron chi connectivity index (χ1n) is 10.8. The van der Waals surface area contributed by atoms with Crippen LogP contribution in [-0.4, -0.2) is 62.7 Å². The molecule has 8 nitrogen and oxygen atoms in total. The molecule has 5 rings (SSSR count). The molecule has 2 aliphatic rings. The molecule has 2 aromatic heterocycles. The fourth-order valence-electron chi connectivity index (χ4n) is 5.01. The normalized spacial score (nSPS) is 21.1. The van der Waals surface area contributed by atoms with Gasteiger partial charge in [0.2, 0.25) is 5.89 Å². The van der Waals surface area contributed by atoms with Crippen molar-refractivity contribution in [3.05, 3.63) is 53.3 Å². The van der Waals surface area contributed by atoms with E-state index in [9.17, 15) is 4.79 Å². The Morgan fingerprint density at radius 2 is 1.94 bits per heavy atom. The number of piperidine rings is 1. The first-order chi connectivity index (χ1) is 14.9. The highest BCUT2D eigenvalue weighted by molar-refractivity contribution is 5.93. The number of carbonyl (C=O) groups is 1. The summed E-state index contributed by atoms with van der Waals surface area (Å²) < 4.78 is 5.44. The molecule has 2 fully saturated rings. The Morgan fingerprint density at radius 3 is 2.61 bits per heavy atom. The molecule has 31 heavy (non-hydrogen) atoms. The van der Waals surface area contributed by atoms with Gasteiger partial charge in [0.1, 0.15) is 5.69 Å². The number of benzene rings is 1. The van der Waals surface area contributed by atoms with E-state index in [2.05, 4.69) is 51.3 Å². The smallest absolute Gasteiger partial charge is 0.271 e. The summed E-state index contributed by atoms with van der Waals surface area (Å²) in [5.74, 6) is 1.40. The van der Waals surface area contributed by atoms with Crippen LogP contribution in [0, 0.1) is 19.3 Å². The van der Waals surface area contributed by atoms with Crippen molar-refractivity contribution in [1.82, 2.24) is 30.1 Å². The monoisotopic (exact) mass is 420 g/mol. The van der Waals surface area contributed by atoms with Crippen LogP contribution < -0.4 is 0 Å². The maximum atomic E-state index is 13.1. The van der Waals surface area contributed by atoms with E-state index >= 15 is 0 Å². The molecular weight excluding hydrogens is 392 g/mol. The molecule has 0 saturated carbocycles. The molecule has 1 N–H and O–H groups in total. The van der Waals surface area contributed by atoms with Gasteiger partial charge in [0, 0.05) is 25.2 Å². The van der Waals surface area contributed by atoms with Gasteiger partial charge in [-0.05, 0) is 51.6 Å². The Balaban J connectivity index is 1.24. The lowest BCUT2D eigenvalue weighted by atomic mass is 9.76. The van der Waals surface area contributed by atoms with Gasteiger partial charge in [-0.2, -0.15) is 10.1 Å². The van der Waals surface area contributed by atoms with E-state index in [1.807, 2.05) is 30.0 Å². The minimum absolute atomic E-state index is 0.0242. The van der Waals surface area contributed by atoms with E-state index in [0.29, 0.717) is 17.4 Å². The fraction of sp³-hybridized carbons (Fsp3) is 0.478. The molecular formula is C23H28N6O2. The van der Waals surface area contributed by atoms with E-state index in [1.54, 1.807) is 0 Å². The van der Waals surface area contributed by atoms with Crippen LogP contribution in [-0.2, 0) is 0 Å². The number of H-pyrrole nitrogens is 1. The number of aromatic nitrogens is 4. The summed E-state index contributed by atoms with van der Waals surface area (Å²) in [5.41, 5.74) is 3.75. The average molecular weight is 421 g/mol. The first-order valence-corrected chi connectivity index (χ1v) is 10.8. The van der Waals surface area contributed by atoms with Gasteiger partial charge in [-0.3, -0.25) is 14.8 Å². The van der Waals surface area contributed by atoms with E-state index in [4.69, 9.17) is 4.52 Å². The molecule has 0 radical (unpaired) electrons. The predicted octanol–water partition coefficient (Wildman–Crippen LogP) is 3.38. The lowest BCUT2D eigenvalue weighted by Crippen LogP contribution is -2.44. The lowest BCUT2D eigenvalue weighted by molar-refractivity contribution is 0.0587. The minimum atomic E-state index is 0.0242. The SMILES string of the molecule is Cc1ccc(-c2cc(C(=O)N3CCC4(CC3)CC(c3nc(C)no3)N(C)C4)[nH]n2)cc1. The van der Waals surface area contributed by atoms with Crippen LogP contribution in [0.1, 0.15) is 53.1 Å². The highest BCUT2D eigenvalue weighted by atomic mass is 16.5. The largest absolute Gasteiger partial charge is 0.338 e. The number of hydrogen-bond acceptors (Lipinski definition) is 6. The minimum Gasteiger partial charge on any atom is -0.338 e. The Labute approximate surface area is 181 Å². The first kappa shape index (κ1) is 19.9. The molecule has 0 aliphatic carbocycles. The van der Waals surface area contributed by atoms with Gasteiger partial charge in [-0.25, -0.2) is 0 Å².